The maximum atomic E-state index is 4.39. The van der Waals surface area contributed by atoms with Gasteiger partial charge in [0.25, 0.3) is 0 Å². The fourth-order valence-corrected chi connectivity index (χ4v) is 2.48. The van der Waals surface area contributed by atoms with Crippen LogP contribution < -0.4 is 5.32 Å². The number of likely N-dealkylation sites (tertiary alicyclic amines) is 1. The van der Waals surface area contributed by atoms with Crippen molar-refractivity contribution in [2.24, 2.45) is 7.05 Å². The minimum Gasteiger partial charge on any atom is -0.308 e. The zero-order valence-electron chi connectivity index (χ0n) is 11.0. The molecule has 0 aromatic carbocycles. The van der Waals surface area contributed by atoms with E-state index in [0.717, 1.165) is 12.2 Å². The van der Waals surface area contributed by atoms with Gasteiger partial charge in [-0.05, 0) is 45.0 Å². The van der Waals surface area contributed by atoms with Crippen molar-refractivity contribution in [2.75, 3.05) is 19.6 Å². The van der Waals surface area contributed by atoms with Crippen LogP contribution >= 0.6 is 0 Å². The van der Waals surface area contributed by atoms with Gasteiger partial charge in [-0.2, -0.15) is 5.10 Å². The Kier molecular flexibility index (Phi) is 4.57. The number of hydrogen-bond acceptors (Lipinski definition) is 3. The Bertz CT molecular complexity index is 334. The summed E-state index contributed by atoms with van der Waals surface area (Å²) in [5.41, 5.74) is 1.14. The molecule has 1 N–H and O–H groups in total. The number of hydrogen-bond donors (Lipinski definition) is 1. The highest BCUT2D eigenvalue weighted by Gasteiger charge is 2.15. The molecule has 0 spiro atoms. The van der Waals surface area contributed by atoms with Crippen molar-refractivity contribution < 1.29 is 0 Å². The monoisotopic (exact) mass is 236 g/mol. The van der Waals surface area contributed by atoms with Gasteiger partial charge in [-0.25, -0.2) is 0 Å². The molecule has 2 rings (SSSR count). The molecule has 0 radical (unpaired) electrons. The molecule has 1 unspecified atom stereocenters. The van der Waals surface area contributed by atoms with Crippen LogP contribution in [0.25, 0.3) is 0 Å². The Morgan fingerprint density at radius 2 is 2.29 bits per heavy atom. The van der Waals surface area contributed by atoms with E-state index in [1.807, 2.05) is 17.9 Å². The van der Waals surface area contributed by atoms with Crippen LogP contribution in [0.5, 0.6) is 0 Å². The van der Waals surface area contributed by atoms with E-state index in [2.05, 4.69) is 28.3 Å². The molecule has 17 heavy (non-hydrogen) atoms. The molecule has 4 nitrogen and oxygen atoms in total. The first-order valence-electron chi connectivity index (χ1n) is 6.72. The van der Waals surface area contributed by atoms with Gasteiger partial charge in [-0.1, -0.05) is 6.92 Å². The summed E-state index contributed by atoms with van der Waals surface area (Å²) >= 11 is 0. The van der Waals surface area contributed by atoms with E-state index in [9.17, 15) is 0 Å². The average Bonchev–Trinajstić information content (AvgIpc) is 2.63. The lowest BCUT2D eigenvalue weighted by Crippen LogP contribution is -2.30. The highest BCUT2D eigenvalue weighted by Crippen LogP contribution is 2.11. The van der Waals surface area contributed by atoms with Crippen LogP contribution in [0.1, 0.15) is 31.9 Å². The summed E-state index contributed by atoms with van der Waals surface area (Å²) in [6.45, 7) is 6.83. The first-order chi connectivity index (χ1) is 8.28. The van der Waals surface area contributed by atoms with E-state index in [4.69, 9.17) is 0 Å². The van der Waals surface area contributed by atoms with Crippen LogP contribution in [0.2, 0.25) is 0 Å². The molecule has 1 aromatic heterocycles. The second-order valence-electron chi connectivity index (χ2n) is 4.92. The smallest absolute Gasteiger partial charge is 0.0762 e. The third kappa shape index (κ3) is 3.82. The molecule has 0 bridgehead atoms. The Labute approximate surface area is 104 Å². The van der Waals surface area contributed by atoms with Crippen molar-refractivity contribution in [1.82, 2.24) is 20.0 Å². The third-order valence-electron chi connectivity index (χ3n) is 3.61. The van der Waals surface area contributed by atoms with E-state index in [1.54, 1.807) is 0 Å². The molecule has 1 fully saturated rings. The van der Waals surface area contributed by atoms with Crippen molar-refractivity contribution in [3.63, 3.8) is 0 Å². The fraction of sp³-hybridized carbons (Fsp3) is 0.769. The lowest BCUT2D eigenvalue weighted by atomic mass is 10.1. The molecule has 2 heterocycles. The van der Waals surface area contributed by atoms with Gasteiger partial charge in [-0.15, -0.1) is 0 Å². The summed E-state index contributed by atoms with van der Waals surface area (Å²) in [6.07, 6.45) is 5.88. The van der Waals surface area contributed by atoms with Gasteiger partial charge >= 0.3 is 0 Å². The lowest BCUT2D eigenvalue weighted by Gasteiger charge is -2.18. The zero-order chi connectivity index (χ0) is 12.1. The molecular weight excluding hydrogens is 212 g/mol. The Morgan fingerprint density at radius 3 is 3.00 bits per heavy atom. The molecule has 0 saturated carbocycles. The van der Waals surface area contributed by atoms with E-state index < -0.39 is 0 Å². The predicted octanol–water partition coefficient (Wildman–Crippen LogP) is 1.38. The standard InChI is InChI=1S/C13H24N4/c1-3-17-8-4-5-12(7-10-17)14-11-13-6-9-16(2)15-13/h6,9,12,14H,3-5,7-8,10-11H2,1-2H3. The largest absolute Gasteiger partial charge is 0.308 e. The number of nitrogens with one attached hydrogen (secondary N) is 1. The number of aryl methyl sites for hydroxylation is 1. The summed E-state index contributed by atoms with van der Waals surface area (Å²) in [5.74, 6) is 0. The molecule has 1 aliphatic heterocycles. The maximum absolute atomic E-state index is 4.39. The van der Waals surface area contributed by atoms with Crippen LogP contribution in [-0.4, -0.2) is 40.4 Å². The SMILES string of the molecule is CCN1CCCC(NCc2ccn(C)n2)CC1. The van der Waals surface area contributed by atoms with Crippen molar-refractivity contribution in [2.45, 2.75) is 38.8 Å². The molecule has 1 aliphatic rings. The molecule has 4 heteroatoms. The Hall–Kier alpha value is -0.870. The summed E-state index contributed by atoms with van der Waals surface area (Å²) in [6, 6.07) is 2.75. The van der Waals surface area contributed by atoms with Gasteiger partial charge < -0.3 is 10.2 Å². The van der Waals surface area contributed by atoms with Crippen molar-refractivity contribution in [3.8, 4) is 0 Å². The van der Waals surface area contributed by atoms with Crippen molar-refractivity contribution in [1.29, 1.82) is 0 Å². The topological polar surface area (TPSA) is 33.1 Å². The first-order valence-corrected chi connectivity index (χ1v) is 6.72. The third-order valence-corrected chi connectivity index (χ3v) is 3.61. The Balaban J connectivity index is 1.75. The average molecular weight is 236 g/mol. The van der Waals surface area contributed by atoms with Crippen molar-refractivity contribution >= 4 is 0 Å². The molecule has 1 saturated heterocycles. The van der Waals surface area contributed by atoms with Crippen molar-refractivity contribution in [3.05, 3.63) is 18.0 Å². The summed E-state index contributed by atoms with van der Waals surface area (Å²) in [7, 11) is 1.97. The van der Waals surface area contributed by atoms with Gasteiger partial charge in [0.1, 0.15) is 0 Å². The summed E-state index contributed by atoms with van der Waals surface area (Å²) < 4.78 is 1.86. The van der Waals surface area contributed by atoms with Gasteiger partial charge in [0, 0.05) is 25.8 Å². The van der Waals surface area contributed by atoms with E-state index in [0.29, 0.717) is 6.04 Å². The first kappa shape index (κ1) is 12.6. The normalized spacial score (nSPS) is 22.6. The molecule has 0 amide bonds. The van der Waals surface area contributed by atoms with Crippen LogP contribution in [0, 0.1) is 0 Å². The molecule has 96 valence electrons. The van der Waals surface area contributed by atoms with Crippen LogP contribution in [0.15, 0.2) is 12.3 Å². The van der Waals surface area contributed by atoms with Crippen LogP contribution in [0.3, 0.4) is 0 Å². The number of nitrogens with zero attached hydrogens (tertiary/aromatic N) is 3. The second kappa shape index (κ2) is 6.17. The summed E-state index contributed by atoms with van der Waals surface area (Å²) in [4.78, 5) is 2.54. The quantitative estimate of drug-likeness (QED) is 0.857. The van der Waals surface area contributed by atoms with Gasteiger partial charge in [0.15, 0.2) is 0 Å². The van der Waals surface area contributed by atoms with Gasteiger partial charge in [0.05, 0.1) is 5.69 Å². The molecule has 0 aliphatic carbocycles. The number of rotatable bonds is 4. The number of aromatic nitrogens is 2. The minimum absolute atomic E-state index is 0.661. The van der Waals surface area contributed by atoms with E-state index in [-0.39, 0.29) is 0 Å². The zero-order valence-corrected chi connectivity index (χ0v) is 11.0. The van der Waals surface area contributed by atoms with Crippen LogP contribution in [-0.2, 0) is 13.6 Å². The fourth-order valence-electron chi connectivity index (χ4n) is 2.48. The lowest BCUT2D eigenvalue weighted by molar-refractivity contribution is 0.297. The van der Waals surface area contributed by atoms with E-state index >= 15 is 0 Å². The van der Waals surface area contributed by atoms with Gasteiger partial charge in [0.2, 0.25) is 0 Å². The van der Waals surface area contributed by atoms with Crippen LogP contribution in [0.4, 0.5) is 0 Å². The predicted molar refractivity (Wildman–Crippen MR) is 69.8 cm³/mol. The van der Waals surface area contributed by atoms with Gasteiger partial charge in [-0.3, -0.25) is 4.68 Å². The molecule has 1 atom stereocenters. The maximum Gasteiger partial charge on any atom is 0.0762 e. The highest BCUT2D eigenvalue weighted by molar-refractivity contribution is 4.98. The molecule has 1 aromatic rings. The Morgan fingerprint density at radius 1 is 1.41 bits per heavy atom. The minimum atomic E-state index is 0.661. The van der Waals surface area contributed by atoms with E-state index in [1.165, 1.54) is 38.9 Å². The highest BCUT2D eigenvalue weighted by atomic mass is 15.3. The summed E-state index contributed by atoms with van der Waals surface area (Å²) in [5, 5.41) is 8.03. The molecular formula is C13H24N4. The second-order valence-corrected chi connectivity index (χ2v) is 4.92.